The second-order valence-corrected chi connectivity index (χ2v) is 11.9. The van der Waals surface area contributed by atoms with Crippen molar-refractivity contribution < 1.29 is 13.9 Å². The highest BCUT2D eigenvalue weighted by Crippen LogP contribution is 2.31. The number of aromatic amines is 1. The topological polar surface area (TPSA) is 108 Å². The molecule has 236 valence electrons. The van der Waals surface area contributed by atoms with Gasteiger partial charge in [-0.25, -0.2) is 19.6 Å². The quantitative estimate of drug-likeness (QED) is 0.166. The number of fused-ring (bicyclic) bond motifs is 2. The van der Waals surface area contributed by atoms with Crippen LogP contribution in [0.1, 0.15) is 52.1 Å². The van der Waals surface area contributed by atoms with Crippen LogP contribution in [0.4, 0.5) is 0 Å². The first-order valence-corrected chi connectivity index (χ1v) is 15.8. The zero-order valence-electron chi connectivity index (χ0n) is 26.8. The van der Waals surface area contributed by atoms with Gasteiger partial charge in [0.25, 0.3) is 0 Å². The molecule has 9 heteroatoms. The number of oxazole rings is 1. The molecule has 0 atom stereocenters. The SMILES string of the molecule is CCCc1nc2c(C)cc(-c3nc4ccccc4n3C)cc2n1Cc1ccc(-c2ccccc2C(=O)OCc2oc(=O)[nH]c2C)cc1. The van der Waals surface area contributed by atoms with Gasteiger partial charge in [0.05, 0.1) is 33.3 Å². The summed E-state index contributed by atoms with van der Waals surface area (Å²) in [5.41, 5.74) is 10.1. The number of carbonyl (C=O) groups excluding carboxylic acids is 1. The van der Waals surface area contributed by atoms with Gasteiger partial charge in [0.15, 0.2) is 12.4 Å². The molecule has 3 aromatic heterocycles. The van der Waals surface area contributed by atoms with Crippen LogP contribution in [0, 0.1) is 13.8 Å². The molecule has 0 aliphatic heterocycles. The molecule has 3 heterocycles. The number of hydrogen-bond acceptors (Lipinski definition) is 6. The summed E-state index contributed by atoms with van der Waals surface area (Å²) >= 11 is 0. The van der Waals surface area contributed by atoms with E-state index in [2.05, 4.69) is 65.3 Å². The lowest BCUT2D eigenvalue weighted by atomic mass is 9.98. The smallest absolute Gasteiger partial charge is 0.416 e. The zero-order valence-corrected chi connectivity index (χ0v) is 26.8. The van der Waals surface area contributed by atoms with Crippen molar-refractivity contribution in [2.24, 2.45) is 7.05 Å². The van der Waals surface area contributed by atoms with Gasteiger partial charge in [0, 0.05) is 25.6 Å². The first-order chi connectivity index (χ1) is 22.8. The van der Waals surface area contributed by atoms with Gasteiger partial charge in [-0.15, -0.1) is 0 Å². The Bertz CT molecular complexity index is 2320. The molecule has 0 saturated carbocycles. The number of carbonyl (C=O) groups is 1. The van der Waals surface area contributed by atoms with Gasteiger partial charge in [0.2, 0.25) is 0 Å². The van der Waals surface area contributed by atoms with Crippen LogP contribution in [0.15, 0.2) is 94.1 Å². The molecule has 4 aromatic carbocycles. The minimum absolute atomic E-state index is 0.132. The average Bonchev–Trinajstić information content (AvgIpc) is 3.72. The summed E-state index contributed by atoms with van der Waals surface area (Å²) in [5.74, 6) is 1.22. The van der Waals surface area contributed by atoms with Crippen molar-refractivity contribution in [2.75, 3.05) is 0 Å². The van der Waals surface area contributed by atoms with Gasteiger partial charge < -0.3 is 18.3 Å². The Hall–Kier alpha value is -5.70. The van der Waals surface area contributed by atoms with Gasteiger partial charge in [-0.05, 0) is 72.9 Å². The molecule has 7 aromatic rings. The molecular weight excluding hydrogens is 590 g/mol. The molecule has 0 bridgehead atoms. The number of nitrogens with one attached hydrogen (secondary N) is 1. The number of para-hydroxylation sites is 2. The van der Waals surface area contributed by atoms with E-state index in [9.17, 15) is 9.59 Å². The number of aromatic nitrogens is 5. The summed E-state index contributed by atoms with van der Waals surface area (Å²) in [6.07, 6.45) is 1.86. The predicted octanol–water partition coefficient (Wildman–Crippen LogP) is 7.51. The lowest BCUT2D eigenvalue weighted by Crippen LogP contribution is -2.07. The monoisotopic (exact) mass is 625 g/mol. The Kier molecular flexibility index (Phi) is 7.81. The maximum atomic E-state index is 13.1. The third kappa shape index (κ3) is 5.65. The van der Waals surface area contributed by atoms with Crippen LogP contribution in [-0.2, 0) is 31.4 Å². The molecule has 0 amide bonds. The fourth-order valence-corrected chi connectivity index (χ4v) is 6.23. The first kappa shape index (κ1) is 30.0. The van der Waals surface area contributed by atoms with E-state index in [1.165, 1.54) is 0 Å². The Morgan fingerprint density at radius 1 is 0.915 bits per heavy atom. The Morgan fingerprint density at radius 2 is 1.68 bits per heavy atom. The van der Waals surface area contributed by atoms with Crippen LogP contribution >= 0.6 is 0 Å². The molecule has 47 heavy (non-hydrogen) atoms. The van der Waals surface area contributed by atoms with E-state index in [1.54, 1.807) is 19.1 Å². The number of esters is 1. The number of hydrogen-bond donors (Lipinski definition) is 1. The highest BCUT2D eigenvalue weighted by molar-refractivity contribution is 5.97. The number of aryl methyl sites for hydroxylation is 4. The number of ether oxygens (including phenoxy) is 1. The van der Waals surface area contributed by atoms with Gasteiger partial charge in [-0.1, -0.05) is 61.5 Å². The average molecular weight is 626 g/mol. The molecule has 7 rings (SSSR count). The molecular formula is C38H35N5O4. The van der Waals surface area contributed by atoms with Crippen molar-refractivity contribution in [2.45, 2.75) is 46.8 Å². The second kappa shape index (κ2) is 12.2. The molecule has 1 N–H and O–H groups in total. The maximum absolute atomic E-state index is 13.1. The van der Waals surface area contributed by atoms with Crippen LogP contribution in [-0.4, -0.2) is 30.1 Å². The van der Waals surface area contributed by atoms with Crippen LogP contribution in [0.3, 0.4) is 0 Å². The normalized spacial score (nSPS) is 11.5. The van der Waals surface area contributed by atoms with Crippen molar-refractivity contribution in [3.05, 3.63) is 129 Å². The molecule has 0 unspecified atom stereocenters. The van der Waals surface area contributed by atoms with Crippen molar-refractivity contribution >= 4 is 28.0 Å². The minimum Gasteiger partial charge on any atom is -0.454 e. The number of imidazole rings is 2. The number of benzene rings is 4. The molecule has 0 fully saturated rings. The van der Waals surface area contributed by atoms with Crippen LogP contribution in [0.2, 0.25) is 0 Å². The fourth-order valence-electron chi connectivity index (χ4n) is 6.23. The largest absolute Gasteiger partial charge is 0.454 e. The number of rotatable bonds is 9. The Labute approximate surface area is 271 Å². The van der Waals surface area contributed by atoms with E-state index in [0.29, 0.717) is 23.6 Å². The molecule has 0 radical (unpaired) electrons. The molecule has 0 aliphatic carbocycles. The van der Waals surface area contributed by atoms with Crippen LogP contribution in [0.25, 0.3) is 44.6 Å². The standard InChI is InChI=1S/C38H35N5O4/c1-5-10-34-41-35-23(2)19-27(36-40-30-13-8-9-14-31(30)42(36)4)20-32(35)43(34)21-25-15-17-26(18-16-25)28-11-6-7-12-29(28)37(44)46-22-33-24(3)39-38(45)47-33/h6-9,11-20H,5,10,21-22H2,1-4H3,(H,39,45). The molecule has 9 nitrogen and oxygen atoms in total. The van der Waals surface area contributed by atoms with E-state index < -0.39 is 11.7 Å². The number of H-pyrrole nitrogens is 1. The third-order valence-electron chi connectivity index (χ3n) is 8.65. The minimum atomic E-state index is -0.572. The van der Waals surface area contributed by atoms with E-state index in [-0.39, 0.29) is 6.61 Å². The highest BCUT2D eigenvalue weighted by Gasteiger charge is 2.19. The van der Waals surface area contributed by atoms with E-state index in [0.717, 1.165) is 74.4 Å². The van der Waals surface area contributed by atoms with E-state index >= 15 is 0 Å². The lowest BCUT2D eigenvalue weighted by molar-refractivity contribution is 0.0444. The van der Waals surface area contributed by atoms with Gasteiger partial charge in [0.1, 0.15) is 11.6 Å². The summed E-state index contributed by atoms with van der Waals surface area (Å²) in [6.45, 7) is 6.52. The summed E-state index contributed by atoms with van der Waals surface area (Å²) in [7, 11) is 2.06. The summed E-state index contributed by atoms with van der Waals surface area (Å²) in [4.78, 5) is 37.2. The van der Waals surface area contributed by atoms with Gasteiger partial charge in [-0.2, -0.15) is 0 Å². The van der Waals surface area contributed by atoms with Gasteiger partial charge >= 0.3 is 11.7 Å². The lowest BCUT2D eigenvalue weighted by Gasteiger charge is -2.13. The molecule has 0 saturated heterocycles. The van der Waals surface area contributed by atoms with Crippen molar-refractivity contribution in [3.63, 3.8) is 0 Å². The van der Waals surface area contributed by atoms with Crippen LogP contribution in [0.5, 0.6) is 0 Å². The first-order valence-electron chi connectivity index (χ1n) is 15.8. The van der Waals surface area contributed by atoms with Crippen molar-refractivity contribution in [3.8, 4) is 22.5 Å². The maximum Gasteiger partial charge on any atom is 0.416 e. The van der Waals surface area contributed by atoms with Crippen LogP contribution < -0.4 is 5.76 Å². The van der Waals surface area contributed by atoms with Crippen molar-refractivity contribution in [1.82, 2.24) is 24.1 Å². The molecule has 0 spiro atoms. The highest BCUT2D eigenvalue weighted by atomic mass is 16.5. The Balaban J connectivity index is 1.19. The van der Waals surface area contributed by atoms with E-state index in [1.807, 2.05) is 42.5 Å². The van der Waals surface area contributed by atoms with E-state index in [4.69, 9.17) is 19.1 Å². The summed E-state index contributed by atoms with van der Waals surface area (Å²) in [6, 6.07) is 28.2. The Morgan fingerprint density at radius 3 is 2.43 bits per heavy atom. The predicted molar refractivity (Wildman–Crippen MR) is 182 cm³/mol. The third-order valence-corrected chi connectivity index (χ3v) is 8.65. The zero-order chi connectivity index (χ0) is 32.7. The summed E-state index contributed by atoms with van der Waals surface area (Å²) in [5, 5.41) is 0. The molecule has 0 aliphatic rings. The van der Waals surface area contributed by atoms with Gasteiger partial charge in [-0.3, -0.25) is 4.98 Å². The fraction of sp³-hybridized carbons (Fsp3) is 0.211. The summed E-state index contributed by atoms with van der Waals surface area (Å²) < 4.78 is 15.1. The van der Waals surface area contributed by atoms with Crippen molar-refractivity contribution in [1.29, 1.82) is 0 Å². The number of nitrogens with zero attached hydrogens (tertiary/aromatic N) is 4. The second-order valence-electron chi connectivity index (χ2n) is 11.9.